The molecule has 1 N–H and O–H groups in total. The summed E-state index contributed by atoms with van der Waals surface area (Å²) in [7, 11) is 0. The monoisotopic (exact) mass is 340 g/mol. The fourth-order valence-electron chi connectivity index (χ4n) is 2.65. The van der Waals surface area contributed by atoms with E-state index < -0.39 is 5.97 Å². The van der Waals surface area contributed by atoms with Gasteiger partial charge in [0, 0.05) is 27.7 Å². The number of carboxylic acids is 1. The molecular formula is C16H18Cl2N2O2. The van der Waals surface area contributed by atoms with Gasteiger partial charge in [-0.15, -0.1) is 0 Å². The fraction of sp³-hybridized carbons (Fsp3) is 0.375. The van der Waals surface area contributed by atoms with E-state index in [0.29, 0.717) is 16.5 Å². The Morgan fingerprint density at radius 3 is 2.32 bits per heavy atom. The van der Waals surface area contributed by atoms with E-state index in [-0.39, 0.29) is 6.54 Å². The molecule has 0 fully saturated rings. The Kier molecular flexibility index (Phi) is 5.48. The molecule has 0 unspecified atom stereocenters. The van der Waals surface area contributed by atoms with Crippen LogP contribution in [-0.2, 0) is 30.6 Å². The second kappa shape index (κ2) is 7.16. The maximum Gasteiger partial charge on any atom is 0.325 e. The minimum Gasteiger partial charge on any atom is -0.480 e. The third-order valence-corrected chi connectivity index (χ3v) is 3.94. The van der Waals surface area contributed by atoms with E-state index in [1.165, 1.54) is 0 Å². The van der Waals surface area contributed by atoms with Gasteiger partial charge in [0.2, 0.25) is 0 Å². The van der Waals surface area contributed by atoms with Crippen molar-refractivity contribution < 1.29 is 9.90 Å². The molecule has 118 valence electrons. The van der Waals surface area contributed by atoms with Crippen LogP contribution < -0.4 is 0 Å². The van der Waals surface area contributed by atoms with Gasteiger partial charge in [0.15, 0.2) is 0 Å². The number of rotatable bonds is 6. The van der Waals surface area contributed by atoms with E-state index in [4.69, 9.17) is 28.3 Å². The number of aliphatic carboxylic acids is 1. The summed E-state index contributed by atoms with van der Waals surface area (Å²) in [5, 5.41) is 14.7. The summed E-state index contributed by atoms with van der Waals surface area (Å²) < 4.78 is 1.59. The number of hydrogen-bond donors (Lipinski definition) is 1. The fourth-order valence-corrected chi connectivity index (χ4v) is 3.22. The Labute approximate surface area is 139 Å². The van der Waals surface area contributed by atoms with Crippen LogP contribution in [0.4, 0.5) is 0 Å². The first-order valence-electron chi connectivity index (χ1n) is 7.18. The molecule has 6 heteroatoms. The zero-order chi connectivity index (χ0) is 16.3. The molecule has 0 aliphatic rings. The van der Waals surface area contributed by atoms with Crippen molar-refractivity contribution in [2.24, 2.45) is 0 Å². The first kappa shape index (κ1) is 16.8. The summed E-state index contributed by atoms with van der Waals surface area (Å²) in [6, 6.07) is 5.45. The molecule has 0 spiro atoms. The molecule has 1 aromatic heterocycles. The number of aryl methyl sites for hydroxylation is 1. The van der Waals surface area contributed by atoms with E-state index in [0.717, 1.165) is 35.4 Å². The first-order valence-corrected chi connectivity index (χ1v) is 7.94. The zero-order valence-electron chi connectivity index (χ0n) is 12.6. The minimum absolute atomic E-state index is 0.119. The van der Waals surface area contributed by atoms with Gasteiger partial charge in [-0.2, -0.15) is 5.10 Å². The van der Waals surface area contributed by atoms with Gasteiger partial charge in [-0.3, -0.25) is 9.48 Å². The number of carbonyl (C=O) groups is 1. The van der Waals surface area contributed by atoms with Crippen molar-refractivity contribution in [3.63, 3.8) is 0 Å². The molecule has 0 aliphatic carbocycles. The minimum atomic E-state index is -0.891. The molecule has 4 nitrogen and oxygen atoms in total. The van der Waals surface area contributed by atoms with Gasteiger partial charge in [0.1, 0.15) is 6.54 Å². The zero-order valence-corrected chi connectivity index (χ0v) is 14.1. The summed E-state index contributed by atoms with van der Waals surface area (Å²) in [5.74, 6) is -0.891. The van der Waals surface area contributed by atoms with Gasteiger partial charge >= 0.3 is 5.97 Å². The lowest BCUT2D eigenvalue weighted by Gasteiger charge is -2.07. The maximum atomic E-state index is 11.0. The van der Waals surface area contributed by atoms with E-state index in [2.05, 4.69) is 5.10 Å². The molecule has 0 amide bonds. The highest BCUT2D eigenvalue weighted by Crippen LogP contribution is 2.25. The highest BCUT2D eigenvalue weighted by Gasteiger charge is 2.17. The molecular weight excluding hydrogens is 323 g/mol. The molecule has 1 heterocycles. The highest BCUT2D eigenvalue weighted by molar-refractivity contribution is 6.34. The Bertz CT molecular complexity index is 675. The van der Waals surface area contributed by atoms with Crippen LogP contribution in [0, 0.1) is 0 Å². The van der Waals surface area contributed by atoms with Crippen LogP contribution in [0.3, 0.4) is 0 Å². The van der Waals surface area contributed by atoms with Gasteiger partial charge in [0.25, 0.3) is 0 Å². The third kappa shape index (κ3) is 3.81. The topological polar surface area (TPSA) is 55.1 Å². The van der Waals surface area contributed by atoms with Crippen LogP contribution in [0.1, 0.15) is 36.4 Å². The largest absolute Gasteiger partial charge is 0.480 e. The van der Waals surface area contributed by atoms with Crippen LogP contribution in [0.25, 0.3) is 0 Å². The molecule has 1 aromatic carbocycles. The SMILES string of the molecule is CCc1nn(CC(=O)O)c(CC)c1Cc1cc(Cl)cc(Cl)c1. The quantitative estimate of drug-likeness (QED) is 0.864. The number of halogens is 2. The van der Waals surface area contributed by atoms with E-state index in [1.807, 2.05) is 26.0 Å². The summed E-state index contributed by atoms with van der Waals surface area (Å²) in [6.45, 7) is 3.90. The molecule has 0 aliphatic heterocycles. The van der Waals surface area contributed by atoms with Crippen molar-refractivity contribution in [3.8, 4) is 0 Å². The molecule has 0 saturated carbocycles. The second-order valence-electron chi connectivity index (χ2n) is 5.08. The van der Waals surface area contributed by atoms with Crippen molar-refractivity contribution in [3.05, 3.63) is 50.8 Å². The average Bonchev–Trinajstić information content (AvgIpc) is 2.73. The van der Waals surface area contributed by atoms with Crippen molar-refractivity contribution in [2.45, 2.75) is 39.7 Å². The molecule has 2 rings (SSSR count). The number of carboxylic acid groups (broad SMARTS) is 1. The molecule has 0 saturated heterocycles. The summed E-state index contributed by atoms with van der Waals surface area (Å²) in [4.78, 5) is 11.0. The number of nitrogens with zero attached hydrogens (tertiary/aromatic N) is 2. The smallest absolute Gasteiger partial charge is 0.325 e. The Balaban J connectivity index is 2.44. The van der Waals surface area contributed by atoms with Gasteiger partial charge in [-0.1, -0.05) is 37.0 Å². The van der Waals surface area contributed by atoms with Crippen molar-refractivity contribution in [2.75, 3.05) is 0 Å². The van der Waals surface area contributed by atoms with Gasteiger partial charge in [-0.25, -0.2) is 0 Å². The predicted octanol–water partition coefficient (Wildman–Crippen LogP) is 3.99. The van der Waals surface area contributed by atoms with Crippen molar-refractivity contribution in [1.29, 1.82) is 0 Å². The van der Waals surface area contributed by atoms with Crippen molar-refractivity contribution in [1.82, 2.24) is 9.78 Å². The van der Waals surface area contributed by atoms with Crippen LogP contribution >= 0.6 is 23.2 Å². The van der Waals surface area contributed by atoms with Gasteiger partial charge < -0.3 is 5.11 Å². The Morgan fingerprint density at radius 1 is 1.18 bits per heavy atom. The van der Waals surface area contributed by atoms with E-state index in [9.17, 15) is 4.79 Å². The molecule has 2 aromatic rings. The standard InChI is InChI=1S/C16H18Cl2N2O2/c1-3-14-13(7-10-5-11(17)8-12(18)6-10)15(4-2)20(19-14)9-16(21)22/h5-6,8H,3-4,7,9H2,1-2H3,(H,21,22). The van der Waals surface area contributed by atoms with E-state index in [1.54, 1.807) is 10.7 Å². The lowest BCUT2D eigenvalue weighted by molar-refractivity contribution is -0.137. The summed E-state index contributed by atoms with van der Waals surface area (Å²) in [5.41, 5.74) is 3.95. The predicted molar refractivity (Wildman–Crippen MR) is 87.9 cm³/mol. The van der Waals surface area contributed by atoms with Crippen LogP contribution in [0.15, 0.2) is 18.2 Å². The molecule has 0 atom stereocenters. The van der Waals surface area contributed by atoms with Crippen molar-refractivity contribution >= 4 is 29.2 Å². The van der Waals surface area contributed by atoms with E-state index >= 15 is 0 Å². The van der Waals surface area contributed by atoms with Gasteiger partial charge in [-0.05, 0) is 36.6 Å². The summed E-state index contributed by atoms with van der Waals surface area (Å²) in [6.07, 6.45) is 2.12. The Hall–Kier alpha value is -1.52. The normalized spacial score (nSPS) is 10.9. The second-order valence-corrected chi connectivity index (χ2v) is 5.96. The van der Waals surface area contributed by atoms with Crippen LogP contribution in [0.2, 0.25) is 10.0 Å². The van der Waals surface area contributed by atoms with Crippen LogP contribution in [0.5, 0.6) is 0 Å². The molecule has 22 heavy (non-hydrogen) atoms. The maximum absolute atomic E-state index is 11.0. The van der Waals surface area contributed by atoms with Crippen LogP contribution in [-0.4, -0.2) is 20.9 Å². The molecule has 0 bridgehead atoms. The lowest BCUT2D eigenvalue weighted by atomic mass is 10.0. The number of aromatic nitrogens is 2. The number of hydrogen-bond acceptors (Lipinski definition) is 2. The lowest BCUT2D eigenvalue weighted by Crippen LogP contribution is -2.13. The third-order valence-electron chi connectivity index (χ3n) is 3.51. The highest BCUT2D eigenvalue weighted by atomic mass is 35.5. The Morgan fingerprint density at radius 2 is 1.82 bits per heavy atom. The number of benzene rings is 1. The molecule has 0 radical (unpaired) electrons. The first-order chi connectivity index (χ1) is 10.4. The summed E-state index contributed by atoms with van der Waals surface area (Å²) >= 11 is 12.1. The average molecular weight is 341 g/mol. The van der Waals surface area contributed by atoms with Gasteiger partial charge in [0.05, 0.1) is 5.69 Å².